The maximum atomic E-state index is 15.3. The van der Waals surface area contributed by atoms with Crippen LogP contribution in [0.2, 0.25) is 0 Å². The van der Waals surface area contributed by atoms with Gasteiger partial charge in [0.1, 0.15) is 48.4 Å². The highest BCUT2D eigenvalue weighted by Gasteiger charge is 2.43. The number of nitrogens with zero attached hydrogens (tertiary/aromatic N) is 4. The molecule has 22 heteroatoms. The quantitative estimate of drug-likeness (QED) is 0.0581. The first kappa shape index (κ1) is 59.8. The van der Waals surface area contributed by atoms with Crippen LogP contribution in [0.25, 0.3) is 10.9 Å². The molecule has 9 atom stereocenters. The SMILES string of the molecule is CC=CCC1NC(=O)C(CC(C)C)NC(=O)C(CC(C)C(=O)O)N(C)C(=O)C(C)NC(=O)C(Cc2ccc([O-])c(N(O)O)c2)NC(=O)C(CC(C)C)N(C)C(=O)C(Cc2cn(C(C)(C)C3CO3)c3ccccc23)NC1=O. The van der Waals surface area contributed by atoms with E-state index in [2.05, 4.69) is 31.2 Å². The van der Waals surface area contributed by atoms with Gasteiger partial charge in [0.2, 0.25) is 41.4 Å². The maximum Gasteiger partial charge on any atom is 0.306 e. The number of epoxide rings is 1. The normalized spacial score (nSPS) is 24.5. The number of amides is 7. The summed E-state index contributed by atoms with van der Waals surface area (Å²) in [4.78, 5) is 117. The predicted molar refractivity (Wildman–Crippen MR) is 279 cm³/mol. The van der Waals surface area contributed by atoms with Gasteiger partial charge in [-0.05, 0) is 88.5 Å². The van der Waals surface area contributed by atoms with Crippen LogP contribution in [0.3, 0.4) is 0 Å². The number of aromatic nitrogens is 1. The third-order valence-corrected chi connectivity index (χ3v) is 14.1. The van der Waals surface area contributed by atoms with E-state index in [4.69, 9.17) is 4.74 Å². The number of carboxylic acids is 1. The molecule has 1 aromatic heterocycles. The van der Waals surface area contributed by atoms with Gasteiger partial charge in [-0.1, -0.05) is 82.9 Å². The smallest absolute Gasteiger partial charge is 0.306 e. The lowest BCUT2D eigenvalue weighted by Gasteiger charge is -2.33. The fourth-order valence-corrected chi connectivity index (χ4v) is 9.50. The van der Waals surface area contributed by atoms with Gasteiger partial charge in [0.05, 0.1) is 23.8 Å². The lowest BCUT2D eigenvalue weighted by molar-refractivity contribution is -0.268. The predicted octanol–water partition coefficient (Wildman–Crippen LogP) is 2.50. The van der Waals surface area contributed by atoms with E-state index in [1.54, 1.807) is 32.9 Å². The molecule has 2 aromatic carbocycles. The molecule has 3 heterocycles. The zero-order valence-electron chi connectivity index (χ0n) is 45.3. The van der Waals surface area contributed by atoms with E-state index in [0.29, 0.717) is 12.2 Å². The molecule has 22 nitrogen and oxygen atoms in total. The maximum absolute atomic E-state index is 15.3. The topological polar surface area (TPSA) is 308 Å². The zero-order chi connectivity index (χ0) is 56.5. The van der Waals surface area contributed by atoms with E-state index in [0.717, 1.165) is 27.9 Å². The largest absolute Gasteiger partial charge is 0.871 e. The molecular weight excluding hydrogens is 983 g/mol. The summed E-state index contributed by atoms with van der Waals surface area (Å²) in [5.74, 6) is -9.43. The number of nitrogens with one attached hydrogen (secondary N) is 5. The summed E-state index contributed by atoms with van der Waals surface area (Å²) in [5.41, 5.74) is 0.591. The second kappa shape index (κ2) is 25.7. The van der Waals surface area contributed by atoms with Crippen LogP contribution in [-0.4, -0.2) is 146 Å². The molecule has 2 aliphatic rings. The van der Waals surface area contributed by atoms with Crippen molar-refractivity contribution in [3.8, 4) is 5.75 Å². The number of benzene rings is 2. The Kier molecular flexibility index (Phi) is 20.2. The van der Waals surface area contributed by atoms with Crippen LogP contribution in [0.15, 0.2) is 60.8 Å². The van der Waals surface area contributed by atoms with Crippen LogP contribution in [0.1, 0.15) is 99.1 Å². The molecule has 9 unspecified atom stereocenters. The Balaban J connectivity index is 1.69. The van der Waals surface area contributed by atoms with Crippen LogP contribution >= 0.6 is 0 Å². The molecular formula is C54H76N9O13-. The molecule has 0 saturated carbocycles. The molecule has 0 aliphatic carbocycles. The molecule has 0 radical (unpaired) electrons. The highest BCUT2D eigenvalue weighted by atomic mass is 16.8. The average molecular weight is 1060 g/mol. The fourth-order valence-electron chi connectivity index (χ4n) is 9.50. The minimum absolute atomic E-state index is 0.0467. The summed E-state index contributed by atoms with van der Waals surface area (Å²) in [6.45, 7) is 16.3. The molecule has 0 bridgehead atoms. The summed E-state index contributed by atoms with van der Waals surface area (Å²) in [6, 6.07) is 1.19. The number of rotatable bonds is 16. The molecule has 76 heavy (non-hydrogen) atoms. The summed E-state index contributed by atoms with van der Waals surface area (Å²) in [7, 11) is 2.65. The Hall–Kier alpha value is -7.04. The number of carboxylic acid groups (broad SMARTS) is 1. The van der Waals surface area contributed by atoms with Gasteiger partial charge in [0, 0.05) is 44.0 Å². The van der Waals surface area contributed by atoms with Gasteiger partial charge in [-0.2, -0.15) is 0 Å². The summed E-state index contributed by atoms with van der Waals surface area (Å²) >= 11 is 0. The molecule has 0 spiro atoms. The zero-order valence-corrected chi connectivity index (χ0v) is 45.3. The molecule has 2 saturated heterocycles. The fraction of sp³-hybridized carbons (Fsp3) is 0.556. The Bertz CT molecular complexity index is 2640. The number of fused-ring (bicyclic) bond motifs is 1. The summed E-state index contributed by atoms with van der Waals surface area (Å²) in [6.07, 6.45) is 4.30. The molecule has 8 N–H and O–H groups in total. The van der Waals surface area contributed by atoms with Crippen molar-refractivity contribution in [1.82, 2.24) is 41.0 Å². The van der Waals surface area contributed by atoms with Gasteiger partial charge >= 0.3 is 5.97 Å². The van der Waals surface area contributed by atoms with Crippen molar-refractivity contribution in [3.05, 3.63) is 71.9 Å². The van der Waals surface area contributed by atoms with Gasteiger partial charge in [-0.25, -0.2) is 0 Å². The third-order valence-electron chi connectivity index (χ3n) is 14.1. The minimum atomic E-state index is -1.57. The van der Waals surface area contributed by atoms with Gasteiger partial charge < -0.3 is 55.9 Å². The Morgan fingerprint density at radius 1 is 0.763 bits per heavy atom. The summed E-state index contributed by atoms with van der Waals surface area (Å²) in [5, 5.41) is 56.2. The van der Waals surface area contributed by atoms with Crippen molar-refractivity contribution in [3.63, 3.8) is 0 Å². The number of hydrogen-bond donors (Lipinski definition) is 8. The molecule has 2 aliphatic heterocycles. The minimum Gasteiger partial charge on any atom is -0.871 e. The average Bonchev–Trinajstić information content (AvgIpc) is 4.16. The van der Waals surface area contributed by atoms with Gasteiger partial charge in [0.15, 0.2) is 0 Å². The van der Waals surface area contributed by atoms with Crippen LogP contribution in [-0.2, 0) is 61.5 Å². The molecule has 416 valence electrons. The monoisotopic (exact) mass is 1060 g/mol. The number of aliphatic carboxylic acids is 1. The first-order valence-corrected chi connectivity index (χ1v) is 25.7. The molecule has 3 aromatic rings. The van der Waals surface area contributed by atoms with Crippen molar-refractivity contribution in [2.24, 2.45) is 17.8 Å². The molecule has 7 amide bonds. The Morgan fingerprint density at radius 3 is 1.91 bits per heavy atom. The van der Waals surface area contributed by atoms with Gasteiger partial charge in [-0.15, -0.1) is 5.23 Å². The van der Waals surface area contributed by atoms with Crippen molar-refractivity contribution >= 4 is 63.9 Å². The van der Waals surface area contributed by atoms with E-state index in [1.807, 2.05) is 58.2 Å². The van der Waals surface area contributed by atoms with Crippen LogP contribution in [0.5, 0.6) is 5.75 Å². The number of ether oxygens (including phenoxy) is 1. The Labute approximate surface area is 443 Å². The second-order valence-corrected chi connectivity index (χ2v) is 21.5. The number of para-hydroxylation sites is 1. The number of carbonyl (C=O) groups is 8. The molecule has 5 rings (SSSR count). The summed E-state index contributed by atoms with van der Waals surface area (Å²) < 4.78 is 7.81. The van der Waals surface area contributed by atoms with Crippen molar-refractivity contribution in [2.75, 3.05) is 25.9 Å². The number of carbonyl (C=O) groups excluding carboxylic acids is 7. The molecule has 2 fully saturated rings. The van der Waals surface area contributed by atoms with E-state index >= 15 is 4.79 Å². The number of anilines is 1. The van der Waals surface area contributed by atoms with E-state index in [-0.39, 0.29) is 60.8 Å². The third kappa shape index (κ3) is 14.9. The first-order valence-electron chi connectivity index (χ1n) is 25.7. The van der Waals surface area contributed by atoms with Crippen molar-refractivity contribution in [2.45, 2.75) is 155 Å². The lowest BCUT2D eigenvalue weighted by atomic mass is 9.97. The highest BCUT2D eigenvalue weighted by molar-refractivity contribution is 5.99. The number of likely N-dealkylation sites (N-methyl/N-ethyl adjacent to an activating group) is 2. The number of allylic oxidation sites excluding steroid dienone is 1. The van der Waals surface area contributed by atoms with Crippen LogP contribution < -0.4 is 36.9 Å². The van der Waals surface area contributed by atoms with Crippen LogP contribution in [0, 0.1) is 17.8 Å². The van der Waals surface area contributed by atoms with Gasteiger partial charge in [-0.3, -0.25) is 48.8 Å². The number of hydrogen-bond acceptors (Lipinski definition) is 13. The van der Waals surface area contributed by atoms with Crippen molar-refractivity contribution < 1.29 is 63.7 Å². The van der Waals surface area contributed by atoms with E-state index in [1.165, 1.54) is 38.9 Å². The first-order chi connectivity index (χ1) is 35.7. The highest BCUT2D eigenvalue weighted by Crippen LogP contribution is 2.36. The Morgan fingerprint density at radius 2 is 1.32 bits per heavy atom. The second-order valence-electron chi connectivity index (χ2n) is 21.5. The van der Waals surface area contributed by atoms with E-state index in [9.17, 15) is 54.2 Å². The lowest BCUT2D eigenvalue weighted by Crippen LogP contribution is -2.60. The standard InChI is InChI=1S/C54H77N9O13/c1-12-13-17-36-46(65)59-39(26-34-27-62(54(8,9)45-28-76-45)40-18-15-14-16-35(34)40)52(71)61(11)42(22-30(4)5)49(68)58-38(24-33-19-20-44(64)41(25-33)63(74)75)47(66)55-32(7)51(70)60(10)43(23-31(6)53(72)73)50(69)57-37(21-29(2)3)48(67)56-36/h12-16,18-20,25,27,29-32,36-39,42-43,45,64,74-75H,17,21-24,26,28H2,1-11H3,(H,55,66)(H,56,67)(H,57,69)(H,58,68)(H,59,65)(H,72,73)/p-1. The van der Waals surface area contributed by atoms with Gasteiger partial charge in [0.25, 0.3) is 0 Å². The van der Waals surface area contributed by atoms with Crippen LogP contribution in [0.4, 0.5) is 5.69 Å². The van der Waals surface area contributed by atoms with Crippen molar-refractivity contribution in [1.29, 1.82) is 0 Å². The van der Waals surface area contributed by atoms with E-state index < -0.39 is 119 Å².